The maximum atomic E-state index is 12.9. The van der Waals surface area contributed by atoms with Gasteiger partial charge in [0.2, 0.25) is 0 Å². The molecule has 2 heterocycles. The Bertz CT molecular complexity index is 945. The number of ketones is 1. The monoisotopic (exact) mass is 417 g/mol. The van der Waals surface area contributed by atoms with E-state index >= 15 is 0 Å². The van der Waals surface area contributed by atoms with Crippen LogP contribution in [0.25, 0.3) is 0 Å². The van der Waals surface area contributed by atoms with Gasteiger partial charge in [-0.05, 0) is 61.1 Å². The zero-order chi connectivity index (χ0) is 21.3. The highest BCUT2D eigenvalue weighted by Gasteiger charge is 2.30. The fraction of sp³-hybridized carbons (Fsp3) is 0.391. The molecule has 0 bridgehead atoms. The number of rotatable bonds is 3. The molecule has 1 amide bonds. The molecule has 158 valence electrons. The Morgan fingerprint density at radius 2 is 1.77 bits per heavy atom. The molecule has 30 heavy (non-hydrogen) atoms. The lowest BCUT2D eigenvalue weighted by Crippen LogP contribution is -2.39. The number of fused-ring (bicyclic) bond motifs is 1. The van der Waals surface area contributed by atoms with Crippen LogP contribution in [0, 0.1) is 5.92 Å². The average molecular weight is 417 g/mol. The molecule has 1 saturated heterocycles. The predicted molar refractivity (Wildman–Crippen MR) is 104 cm³/mol. The van der Waals surface area contributed by atoms with E-state index in [0.29, 0.717) is 36.7 Å². The summed E-state index contributed by atoms with van der Waals surface area (Å²) in [6.45, 7) is 1.29. The van der Waals surface area contributed by atoms with Crippen LogP contribution in [-0.4, -0.2) is 36.3 Å². The van der Waals surface area contributed by atoms with Crippen LogP contribution in [0.2, 0.25) is 0 Å². The highest BCUT2D eigenvalue weighted by atomic mass is 19.4. The van der Waals surface area contributed by atoms with Crippen molar-refractivity contribution < 1.29 is 27.5 Å². The first kappa shape index (κ1) is 20.4. The highest BCUT2D eigenvalue weighted by Crippen LogP contribution is 2.30. The molecule has 0 radical (unpaired) electrons. The number of amides is 1. The van der Waals surface area contributed by atoms with Gasteiger partial charge in [-0.2, -0.15) is 13.2 Å². The Kier molecular flexibility index (Phi) is 5.54. The van der Waals surface area contributed by atoms with Gasteiger partial charge in [0.25, 0.3) is 5.91 Å². The molecule has 1 fully saturated rings. The molecule has 0 saturated carbocycles. The van der Waals surface area contributed by atoms with Crippen LogP contribution in [0.4, 0.5) is 13.2 Å². The number of alkyl halides is 3. The van der Waals surface area contributed by atoms with Crippen molar-refractivity contribution in [2.45, 2.75) is 31.9 Å². The molecule has 2 aromatic rings. The number of ether oxygens (including phenoxy) is 1. The van der Waals surface area contributed by atoms with Crippen molar-refractivity contribution in [1.29, 1.82) is 0 Å². The minimum absolute atomic E-state index is 0.00354. The summed E-state index contributed by atoms with van der Waals surface area (Å²) in [5.41, 5.74) is 1.54. The summed E-state index contributed by atoms with van der Waals surface area (Å²) >= 11 is 0. The maximum absolute atomic E-state index is 12.9. The number of likely N-dealkylation sites (tertiary alicyclic amines) is 1. The number of halogens is 3. The quantitative estimate of drug-likeness (QED) is 0.748. The summed E-state index contributed by atoms with van der Waals surface area (Å²) in [5.74, 6) is 0.918. The minimum atomic E-state index is -4.32. The van der Waals surface area contributed by atoms with Crippen molar-refractivity contribution >= 4 is 11.7 Å². The largest absolute Gasteiger partial charge is 0.486 e. The number of hydrogen-bond acceptors (Lipinski definition) is 3. The van der Waals surface area contributed by atoms with E-state index in [2.05, 4.69) is 0 Å². The summed E-state index contributed by atoms with van der Waals surface area (Å²) in [5, 5.41) is 0. The van der Waals surface area contributed by atoms with Crippen molar-refractivity contribution in [3.05, 3.63) is 64.7 Å². The smallest absolute Gasteiger partial charge is 0.416 e. The van der Waals surface area contributed by atoms with Gasteiger partial charge in [0.05, 0.1) is 5.56 Å². The second-order valence-electron chi connectivity index (χ2n) is 7.96. The maximum Gasteiger partial charge on any atom is 0.416 e. The number of hydrogen-bond donors (Lipinski definition) is 0. The van der Waals surface area contributed by atoms with Gasteiger partial charge in [0.15, 0.2) is 5.78 Å². The molecule has 0 aliphatic carbocycles. The molecular formula is C23H22F3NO3. The predicted octanol–water partition coefficient (Wildman–Crippen LogP) is 4.30. The first-order valence-electron chi connectivity index (χ1n) is 10.0. The van der Waals surface area contributed by atoms with Crippen molar-refractivity contribution in [3.8, 4) is 5.75 Å². The van der Waals surface area contributed by atoms with Crippen molar-refractivity contribution in [3.63, 3.8) is 0 Å². The van der Waals surface area contributed by atoms with Crippen LogP contribution in [0.15, 0.2) is 42.5 Å². The molecule has 7 heteroatoms. The third kappa shape index (κ3) is 4.50. The zero-order valence-electron chi connectivity index (χ0n) is 16.4. The average Bonchev–Trinajstić information content (AvgIpc) is 2.73. The molecule has 2 aromatic carbocycles. The van der Waals surface area contributed by atoms with E-state index in [1.54, 1.807) is 23.1 Å². The van der Waals surface area contributed by atoms with Crippen LogP contribution in [0.3, 0.4) is 0 Å². The van der Waals surface area contributed by atoms with Crippen molar-refractivity contribution in [1.82, 2.24) is 4.90 Å². The lowest BCUT2D eigenvalue weighted by atomic mass is 9.89. The molecule has 4 rings (SSSR count). The van der Waals surface area contributed by atoms with Gasteiger partial charge in [0.1, 0.15) is 12.4 Å². The lowest BCUT2D eigenvalue weighted by molar-refractivity contribution is -0.137. The first-order valence-corrected chi connectivity index (χ1v) is 10.0. The summed E-state index contributed by atoms with van der Waals surface area (Å²) in [7, 11) is 0. The normalized spacial score (nSPS) is 17.4. The van der Waals surface area contributed by atoms with E-state index in [1.807, 2.05) is 0 Å². The fourth-order valence-electron chi connectivity index (χ4n) is 4.10. The number of piperidine rings is 1. The molecule has 4 nitrogen and oxygen atoms in total. The van der Waals surface area contributed by atoms with Crippen LogP contribution in [0.5, 0.6) is 5.75 Å². The van der Waals surface area contributed by atoms with E-state index in [-0.39, 0.29) is 24.7 Å². The number of nitrogens with zero attached hydrogens (tertiary/aromatic N) is 1. The molecule has 0 aromatic heterocycles. The Hall–Kier alpha value is -2.83. The van der Waals surface area contributed by atoms with Gasteiger partial charge in [-0.15, -0.1) is 0 Å². The standard InChI is InChI=1S/C23H22F3NO3/c24-23(25,26)19-4-1-15(2-5-19)11-16-7-9-27(10-8-16)22(29)17-3-6-21-18(12-17)13-20(28)14-30-21/h1-6,12,16H,7-11,13-14H2. The Balaban J connectivity index is 1.34. The second kappa shape index (κ2) is 8.13. The highest BCUT2D eigenvalue weighted by molar-refractivity contribution is 5.95. The van der Waals surface area contributed by atoms with Gasteiger partial charge in [-0.25, -0.2) is 0 Å². The topological polar surface area (TPSA) is 46.6 Å². The van der Waals surface area contributed by atoms with Gasteiger partial charge in [-0.1, -0.05) is 12.1 Å². The third-order valence-electron chi connectivity index (χ3n) is 5.79. The molecule has 0 spiro atoms. The molecule has 0 N–H and O–H groups in total. The summed E-state index contributed by atoms with van der Waals surface area (Å²) < 4.78 is 43.4. The van der Waals surface area contributed by atoms with E-state index in [4.69, 9.17) is 4.74 Å². The van der Waals surface area contributed by atoms with Crippen LogP contribution in [0.1, 0.15) is 39.9 Å². The summed E-state index contributed by atoms with van der Waals surface area (Å²) in [4.78, 5) is 26.2. The molecule has 2 aliphatic heterocycles. The Labute approximate surface area is 172 Å². The number of carbonyl (C=O) groups excluding carboxylic acids is 2. The Morgan fingerprint density at radius 3 is 2.43 bits per heavy atom. The number of benzene rings is 2. The zero-order valence-corrected chi connectivity index (χ0v) is 16.4. The van der Waals surface area contributed by atoms with E-state index < -0.39 is 11.7 Å². The molecule has 2 aliphatic rings. The van der Waals surface area contributed by atoms with Crippen LogP contribution < -0.4 is 4.74 Å². The van der Waals surface area contributed by atoms with E-state index in [1.165, 1.54) is 12.1 Å². The fourth-order valence-corrected chi connectivity index (χ4v) is 4.10. The van der Waals surface area contributed by atoms with E-state index in [9.17, 15) is 22.8 Å². The molecule has 0 unspecified atom stereocenters. The number of carbonyl (C=O) groups is 2. The van der Waals surface area contributed by atoms with Crippen LogP contribution in [-0.2, 0) is 23.8 Å². The van der Waals surface area contributed by atoms with Gasteiger partial charge >= 0.3 is 6.18 Å². The van der Waals surface area contributed by atoms with E-state index in [0.717, 1.165) is 36.1 Å². The Morgan fingerprint density at radius 1 is 1.07 bits per heavy atom. The first-order chi connectivity index (χ1) is 14.3. The molecular weight excluding hydrogens is 395 g/mol. The SMILES string of the molecule is O=C1COc2ccc(C(=O)N3CCC(Cc4ccc(C(F)(F)F)cc4)CC3)cc2C1. The van der Waals surface area contributed by atoms with Gasteiger partial charge in [0, 0.05) is 30.6 Å². The minimum Gasteiger partial charge on any atom is -0.486 e. The van der Waals surface area contributed by atoms with Gasteiger partial charge in [-0.3, -0.25) is 9.59 Å². The third-order valence-corrected chi connectivity index (χ3v) is 5.79. The van der Waals surface area contributed by atoms with Crippen LogP contribution >= 0.6 is 0 Å². The van der Waals surface area contributed by atoms with Crippen molar-refractivity contribution in [2.24, 2.45) is 5.92 Å². The second-order valence-corrected chi connectivity index (χ2v) is 7.96. The number of Topliss-reactive ketones (excluding diaryl/α,β-unsaturated/α-hetero) is 1. The van der Waals surface area contributed by atoms with Gasteiger partial charge < -0.3 is 9.64 Å². The summed E-state index contributed by atoms with van der Waals surface area (Å²) in [6.07, 6.45) is -1.72. The summed E-state index contributed by atoms with van der Waals surface area (Å²) in [6, 6.07) is 10.5. The molecule has 0 atom stereocenters. The lowest BCUT2D eigenvalue weighted by Gasteiger charge is -2.32. The van der Waals surface area contributed by atoms with Crippen molar-refractivity contribution in [2.75, 3.05) is 19.7 Å².